The van der Waals surface area contributed by atoms with Crippen molar-refractivity contribution in [3.05, 3.63) is 60.2 Å². The third-order valence-electron chi connectivity index (χ3n) is 2.45. The van der Waals surface area contributed by atoms with Crippen LogP contribution < -0.4 is 0 Å². The highest BCUT2D eigenvalue weighted by atomic mass is 16.4. The predicted molar refractivity (Wildman–Crippen MR) is 89.3 cm³/mol. The van der Waals surface area contributed by atoms with Gasteiger partial charge in [0, 0.05) is 0 Å². The van der Waals surface area contributed by atoms with Crippen LogP contribution in [-0.2, 0) is 9.59 Å². The molecule has 0 unspecified atom stereocenters. The van der Waals surface area contributed by atoms with Gasteiger partial charge in [-0.2, -0.15) is 9.59 Å². The molecule has 24 heavy (non-hydrogen) atoms. The highest BCUT2D eigenvalue weighted by molar-refractivity contribution is 5.88. The van der Waals surface area contributed by atoms with Crippen LogP contribution in [0.15, 0.2) is 54.6 Å². The molecule has 1 N–H and O–H groups in total. The van der Waals surface area contributed by atoms with Gasteiger partial charge < -0.3 is 5.11 Å². The molecule has 0 saturated heterocycles. The zero-order chi connectivity index (χ0) is 18.2. The zero-order valence-electron chi connectivity index (χ0n) is 12.5. The van der Waals surface area contributed by atoms with Gasteiger partial charge in [-0.25, -0.2) is 4.79 Å². The van der Waals surface area contributed by atoms with Crippen LogP contribution >= 0.6 is 0 Å². The van der Waals surface area contributed by atoms with Gasteiger partial charge in [0.1, 0.15) is 0 Å². The molecule has 0 heterocycles. The summed E-state index contributed by atoms with van der Waals surface area (Å²) in [6, 6.07) is 16.7. The van der Waals surface area contributed by atoms with Crippen molar-refractivity contribution in [2.24, 2.45) is 0 Å². The molecule has 0 atom stereocenters. The van der Waals surface area contributed by atoms with Crippen molar-refractivity contribution in [2.45, 2.75) is 0 Å². The lowest BCUT2D eigenvalue weighted by molar-refractivity contribution is -0.191. The Morgan fingerprint density at radius 2 is 1.21 bits per heavy atom. The number of rotatable bonds is 2. The van der Waals surface area contributed by atoms with Crippen LogP contribution in [-0.4, -0.2) is 17.2 Å². The summed E-state index contributed by atoms with van der Waals surface area (Å²) in [5.74, 6) is 7.72. The summed E-state index contributed by atoms with van der Waals surface area (Å²) in [7, 11) is 0. The lowest BCUT2D eigenvalue weighted by atomic mass is 10.0. The molecule has 0 bridgehead atoms. The number of carboxylic acid groups (broad SMARTS) is 1. The van der Waals surface area contributed by atoms with Gasteiger partial charge in [0.25, 0.3) is 0 Å². The maximum atomic E-state index is 10.6. The second kappa shape index (κ2) is 12.7. The molecule has 2 rings (SSSR count). The Morgan fingerprint density at radius 1 is 0.792 bits per heavy atom. The number of carboxylic acids is 1. The largest absolute Gasteiger partial charge is 0.478 e. The fourth-order valence-corrected chi connectivity index (χ4v) is 1.51. The lowest BCUT2D eigenvalue weighted by Gasteiger charge is -2.01. The number of carbonyl (C=O) groups excluding carboxylic acids is 2. The fraction of sp³-hybridized carbons (Fsp3) is 0. The third kappa shape index (κ3) is 8.30. The van der Waals surface area contributed by atoms with E-state index >= 15 is 0 Å². The molecule has 0 aromatic heterocycles. The minimum atomic E-state index is -0.894. The molecule has 0 aliphatic carbocycles. The molecule has 4 heteroatoms. The van der Waals surface area contributed by atoms with Gasteiger partial charge in [-0.05, 0) is 46.9 Å². The number of hydrogen-bond donors (Lipinski definition) is 1. The van der Waals surface area contributed by atoms with Crippen LogP contribution in [0.3, 0.4) is 0 Å². The number of carbonyl (C=O) groups is 1. The molecular weight excluding hydrogens is 304 g/mol. The van der Waals surface area contributed by atoms with Gasteiger partial charge in [0.2, 0.25) is 0 Å². The lowest BCUT2D eigenvalue weighted by Crippen LogP contribution is -1.94. The number of hydrogen-bond acceptors (Lipinski definition) is 3. The van der Waals surface area contributed by atoms with E-state index < -0.39 is 5.97 Å². The smallest absolute Gasteiger partial charge is 0.373 e. The summed E-state index contributed by atoms with van der Waals surface area (Å²) in [5.41, 5.74) is 2.43. The molecule has 2 aromatic carbocycles. The molecule has 0 aliphatic heterocycles. The highest BCUT2D eigenvalue weighted by Gasteiger charge is 2.02. The van der Waals surface area contributed by atoms with E-state index in [0.29, 0.717) is 5.56 Å². The van der Waals surface area contributed by atoms with Crippen molar-refractivity contribution in [1.82, 2.24) is 0 Å². The minimum absolute atomic E-state index is 0.250. The van der Waals surface area contributed by atoms with Crippen LogP contribution in [0.4, 0.5) is 0 Å². The fourth-order valence-electron chi connectivity index (χ4n) is 1.51. The molecule has 0 radical (unpaired) electrons. The van der Waals surface area contributed by atoms with Crippen LogP contribution in [0.2, 0.25) is 0 Å². The van der Waals surface area contributed by atoms with E-state index in [9.17, 15) is 4.79 Å². The molecule has 4 nitrogen and oxygen atoms in total. The summed E-state index contributed by atoms with van der Waals surface area (Å²) in [6.07, 6.45) is 9.64. The quantitative estimate of drug-likeness (QED) is 0.865. The van der Waals surface area contributed by atoms with E-state index in [-0.39, 0.29) is 6.15 Å². The van der Waals surface area contributed by atoms with Crippen LogP contribution in [0.5, 0.6) is 0 Å². The predicted octanol–water partition coefficient (Wildman–Crippen LogP) is 2.72. The second-order valence-corrected chi connectivity index (χ2v) is 3.87. The van der Waals surface area contributed by atoms with Crippen molar-refractivity contribution >= 4 is 12.1 Å². The van der Waals surface area contributed by atoms with E-state index in [2.05, 4.69) is 23.7 Å². The SMILES string of the molecule is C#CC#CC#C.O=C(O)c1ccc(-c2ccccc2)cc1.O=C=O. The van der Waals surface area contributed by atoms with Crippen molar-refractivity contribution in [1.29, 1.82) is 0 Å². The molecule has 2 aromatic rings. The highest BCUT2D eigenvalue weighted by Crippen LogP contribution is 2.18. The first kappa shape index (κ1) is 20.0. The van der Waals surface area contributed by atoms with Gasteiger partial charge in [-0.15, -0.1) is 12.8 Å². The Balaban J connectivity index is 0.000000495. The molecule has 0 fully saturated rings. The third-order valence-corrected chi connectivity index (χ3v) is 2.45. The molecule has 0 spiro atoms. The van der Waals surface area contributed by atoms with Crippen LogP contribution in [0.25, 0.3) is 11.1 Å². The average Bonchev–Trinajstić information content (AvgIpc) is 2.62. The van der Waals surface area contributed by atoms with E-state index in [4.69, 9.17) is 27.5 Å². The van der Waals surface area contributed by atoms with E-state index in [1.807, 2.05) is 42.5 Å². The van der Waals surface area contributed by atoms with E-state index in [1.165, 1.54) is 0 Å². The monoisotopic (exact) mass is 316 g/mol. The maximum Gasteiger partial charge on any atom is 0.373 e. The summed E-state index contributed by atoms with van der Waals surface area (Å²) >= 11 is 0. The summed E-state index contributed by atoms with van der Waals surface area (Å²) < 4.78 is 0. The minimum Gasteiger partial charge on any atom is -0.478 e. The Labute approximate surface area is 140 Å². The molecule has 0 aliphatic rings. The van der Waals surface area contributed by atoms with Crippen molar-refractivity contribution in [3.8, 4) is 47.7 Å². The summed E-state index contributed by atoms with van der Waals surface area (Å²) in [6.45, 7) is 0. The first-order valence-corrected chi connectivity index (χ1v) is 6.40. The van der Waals surface area contributed by atoms with Crippen LogP contribution in [0.1, 0.15) is 10.4 Å². The zero-order valence-corrected chi connectivity index (χ0v) is 12.5. The Hall–Kier alpha value is -4.03. The molecular formula is C20H12O4. The Bertz CT molecular complexity index is 800. The van der Waals surface area contributed by atoms with Crippen molar-refractivity contribution in [2.75, 3.05) is 0 Å². The topological polar surface area (TPSA) is 71.4 Å². The average molecular weight is 316 g/mol. The Kier molecular flexibility index (Phi) is 10.6. The first-order valence-electron chi connectivity index (χ1n) is 6.40. The molecule has 0 saturated carbocycles. The van der Waals surface area contributed by atoms with Gasteiger partial charge in [-0.3, -0.25) is 0 Å². The molecule has 116 valence electrons. The summed E-state index contributed by atoms with van der Waals surface area (Å²) in [4.78, 5) is 26.9. The van der Waals surface area contributed by atoms with Gasteiger partial charge in [0.05, 0.1) is 5.56 Å². The van der Waals surface area contributed by atoms with Crippen molar-refractivity contribution in [3.63, 3.8) is 0 Å². The normalized spacial score (nSPS) is 7.25. The standard InChI is InChI=1S/C13H10O2.C6H2.CO2/c14-13(15)12-8-6-11(7-9-12)10-4-2-1-3-5-10;1-3-5-6-4-2;2-1-3/h1-9H,(H,14,15);1-2H;. The number of aromatic carboxylic acids is 1. The second-order valence-electron chi connectivity index (χ2n) is 3.87. The van der Waals surface area contributed by atoms with E-state index in [1.54, 1.807) is 12.1 Å². The number of terminal acetylenes is 2. The number of benzene rings is 2. The van der Waals surface area contributed by atoms with Gasteiger partial charge in [-0.1, -0.05) is 42.5 Å². The van der Waals surface area contributed by atoms with Gasteiger partial charge in [0.15, 0.2) is 0 Å². The van der Waals surface area contributed by atoms with Gasteiger partial charge >= 0.3 is 12.1 Å². The Morgan fingerprint density at radius 3 is 1.58 bits per heavy atom. The van der Waals surface area contributed by atoms with E-state index in [0.717, 1.165) is 11.1 Å². The van der Waals surface area contributed by atoms with Crippen molar-refractivity contribution < 1.29 is 19.5 Å². The molecule has 0 amide bonds. The first-order chi connectivity index (χ1) is 11.6. The maximum absolute atomic E-state index is 10.6. The summed E-state index contributed by atoms with van der Waals surface area (Å²) in [5, 5.41) is 8.75. The van der Waals surface area contributed by atoms with Crippen LogP contribution in [0, 0.1) is 36.5 Å².